The zero-order chi connectivity index (χ0) is 24.0. The predicted molar refractivity (Wildman–Crippen MR) is 132 cm³/mol. The van der Waals surface area contributed by atoms with Crippen molar-refractivity contribution in [1.29, 1.82) is 0 Å². The molecule has 2 aliphatic heterocycles. The Balaban J connectivity index is 1.75. The number of piperidine rings is 1. The molecule has 0 aliphatic carbocycles. The molecule has 5 nitrogen and oxygen atoms in total. The zero-order valence-corrected chi connectivity index (χ0v) is 19.6. The quantitative estimate of drug-likeness (QED) is 0.446. The minimum Gasteiger partial charge on any atom is -0.371 e. The summed E-state index contributed by atoms with van der Waals surface area (Å²) in [5.41, 5.74) is 9.27. The van der Waals surface area contributed by atoms with Crippen molar-refractivity contribution in [2.24, 2.45) is 5.73 Å². The third-order valence-corrected chi connectivity index (χ3v) is 6.97. The zero-order valence-electron chi connectivity index (χ0n) is 18.1. The van der Waals surface area contributed by atoms with Crippen LogP contribution in [0, 0.1) is 11.6 Å². The Labute approximate surface area is 206 Å². The molecule has 5 rings (SSSR count). The highest BCUT2D eigenvalue weighted by molar-refractivity contribution is 6.40. The summed E-state index contributed by atoms with van der Waals surface area (Å²) in [7, 11) is 0. The van der Waals surface area contributed by atoms with Crippen LogP contribution in [0.25, 0.3) is 11.1 Å². The van der Waals surface area contributed by atoms with Gasteiger partial charge in [0.05, 0.1) is 21.4 Å². The molecule has 0 aromatic heterocycles. The maximum Gasteiger partial charge on any atom is 0.326 e. The van der Waals surface area contributed by atoms with Gasteiger partial charge >= 0.3 is 6.03 Å². The maximum atomic E-state index is 14.9. The summed E-state index contributed by atoms with van der Waals surface area (Å²) in [5.74, 6) is -1.34. The van der Waals surface area contributed by atoms with Crippen molar-refractivity contribution in [1.82, 2.24) is 5.32 Å². The monoisotopic (exact) mass is 502 g/mol. The van der Waals surface area contributed by atoms with Crippen LogP contribution in [0.3, 0.4) is 0 Å². The number of carbonyl (C=O) groups is 1. The predicted octanol–water partition coefficient (Wildman–Crippen LogP) is 6.23. The molecular weight excluding hydrogens is 481 g/mol. The first-order valence-corrected chi connectivity index (χ1v) is 11.7. The van der Waals surface area contributed by atoms with Crippen molar-refractivity contribution in [3.8, 4) is 11.1 Å². The van der Waals surface area contributed by atoms with Gasteiger partial charge in [0.25, 0.3) is 0 Å². The Hall–Kier alpha value is -2.87. The fraction of sp³-hybridized carbons (Fsp3) is 0.240. The average Bonchev–Trinajstić information content (AvgIpc) is 2.80. The molecule has 3 aromatic rings. The number of para-hydroxylation sites is 1. The molecule has 34 heavy (non-hydrogen) atoms. The number of hydrogen-bond donors (Lipinski definition) is 2. The molecule has 3 aromatic carbocycles. The van der Waals surface area contributed by atoms with E-state index < -0.39 is 17.7 Å². The Morgan fingerprint density at radius 2 is 1.68 bits per heavy atom. The van der Waals surface area contributed by atoms with Crippen LogP contribution in [0.4, 0.5) is 30.6 Å². The molecule has 0 saturated carbocycles. The number of urea groups is 1. The number of hydrogen-bond acceptors (Lipinski definition) is 3. The highest BCUT2D eigenvalue weighted by Crippen LogP contribution is 2.45. The van der Waals surface area contributed by atoms with Gasteiger partial charge in [0.1, 0.15) is 11.6 Å². The lowest BCUT2D eigenvalue weighted by Gasteiger charge is -2.36. The second-order valence-electron chi connectivity index (χ2n) is 8.50. The van der Waals surface area contributed by atoms with E-state index in [0.717, 1.165) is 37.7 Å². The number of halogens is 4. The third kappa shape index (κ3) is 4.08. The summed E-state index contributed by atoms with van der Waals surface area (Å²) >= 11 is 12.9. The number of nitrogens with two attached hydrogens (primary N) is 1. The lowest BCUT2D eigenvalue weighted by molar-refractivity contribution is 0.247. The van der Waals surface area contributed by atoms with Gasteiger partial charge in [-0.1, -0.05) is 29.3 Å². The molecule has 2 aliphatic rings. The number of amides is 2. The number of carbonyl (C=O) groups excluding carboxylic acids is 1. The molecule has 3 N–H and O–H groups in total. The van der Waals surface area contributed by atoms with Crippen LogP contribution >= 0.6 is 23.2 Å². The molecule has 0 spiro atoms. The summed E-state index contributed by atoms with van der Waals surface area (Å²) < 4.78 is 28.6. The van der Waals surface area contributed by atoms with E-state index in [1.807, 2.05) is 12.1 Å². The first-order chi connectivity index (χ1) is 16.3. The average molecular weight is 503 g/mol. The molecular formula is C25H22Cl2F2N4O. The first kappa shape index (κ1) is 22.9. The fourth-order valence-corrected chi connectivity index (χ4v) is 5.16. The van der Waals surface area contributed by atoms with Crippen molar-refractivity contribution >= 4 is 46.3 Å². The number of nitrogens with zero attached hydrogens (tertiary/aromatic N) is 2. The number of fused-ring (bicyclic) bond motifs is 1. The molecule has 2 amide bonds. The molecule has 9 heteroatoms. The molecule has 0 radical (unpaired) electrons. The number of rotatable bonds is 3. The van der Waals surface area contributed by atoms with E-state index in [1.165, 1.54) is 17.0 Å². The molecule has 1 fully saturated rings. The van der Waals surface area contributed by atoms with Crippen molar-refractivity contribution < 1.29 is 13.6 Å². The van der Waals surface area contributed by atoms with E-state index in [1.54, 1.807) is 18.2 Å². The van der Waals surface area contributed by atoms with Gasteiger partial charge < -0.3 is 16.0 Å². The summed E-state index contributed by atoms with van der Waals surface area (Å²) in [5, 5.41) is 3.44. The van der Waals surface area contributed by atoms with Crippen LogP contribution in [0.2, 0.25) is 10.0 Å². The van der Waals surface area contributed by atoms with E-state index in [0.29, 0.717) is 32.5 Å². The second-order valence-corrected chi connectivity index (χ2v) is 9.32. The molecule has 176 valence electrons. The fourth-order valence-electron chi connectivity index (χ4n) is 4.59. The minimum atomic E-state index is -0.681. The van der Waals surface area contributed by atoms with Gasteiger partial charge in [0, 0.05) is 48.6 Å². The second kappa shape index (κ2) is 9.06. The van der Waals surface area contributed by atoms with E-state index in [4.69, 9.17) is 28.9 Å². The number of benzene rings is 3. The van der Waals surface area contributed by atoms with Crippen LogP contribution in [0.5, 0.6) is 0 Å². The van der Waals surface area contributed by atoms with E-state index in [9.17, 15) is 13.6 Å². The van der Waals surface area contributed by atoms with Crippen molar-refractivity contribution in [2.75, 3.05) is 22.9 Å². The van der Waals surface area contributed by atoms with Gasteiger partial charge in [-0.2, -0.15) is 0 Å². The molecule has 0 atom stereocenters. The van der Waals surface area contributed by atoms with Crippen LogP contribution in [0.15, 0.2) is 48.5 Å². The lowest BCUT2D eigenvalue weighted by Crippen LogP contribution is -2.42. The van der Waals surface area contributed by atoms with Crippen molar-refractivity contribution in [3.63, 3.8) is 0 Å². The normalized spacial score (nSPS) is 16.4. The van der Waals surface area contributed by atoms with E-state index in [-0.39, 0.29) is 18.2 Å². The maximum absolute atomic E-state index is 14.9. The molecule has 1 saturated heterocycles. The summed E-state index contributed by atoms with van der Waals surface area (Å²) in [6.45, 7) is 1.62. The Morgan fingerprint density at radius 3 is 2.35 bits per heavy atom. The van der Waals surface area contributed by atoms with Crippen LogP contribution in [-0.2, 0) is 6.54 Å². The van der Waals surface area contributed by atoms with E-state index >= 15 is 0 Å². The van der Waals surface area contributed by atoms with Crippen molar-refractivity contribution in [3.05, 3.63) is 75.8 Å². The minimum absolute atomic E-state index is 0.132. The first-order valence-electron chi connectivity index (χ1n) is 11.0. The van der Waals surface area contributed by atoms with Gasteiger partial charge in [-0.05, 0) is 54.8 Å². The highest BCUT2D eigenvalue weighted by Gasteiger charge is 2.32. The Bertz CT molecular complexity index is 1260. The Kier molecular flexibility index (Phi) is 6.10. The van der Waals surface area contributed by atoms with Gasteiger partial charge in [-0.25, -0.2) is 13.6 Å². The number of anilines is 3. The number of nitrogens with one attached hydrogen (secondary N) is 1. The van der Waals surface area contributed by atoms with Crippen LogP contribution in [-0.4, -0.2) is 25.2 Å². The lowest BCUT2D eigenvalue weighted by atomic mass is 9.94. The largest absolute Gasteiger partial charge is 0.371 e. The van der Waals surface area contributed by atoms with Gasteiger partial charge in [0.2, 0.25) is 0 Å². The molecule has 0 unspecified atom stereocenters. The van der Waals surface area contributed by atoms with Gasteiger partial charge in [0.15, 0.2) is 0 Å². The SMILES string of the molecule is NC1CCN(c2cc(-c3ccc(F)cc3F)c3c(c2)N(c2c(Cl)cccc2Cl)C(=O)NC3)CC1. The van der Waals surface area contributed by atoms with Gasteiger partial charge in [-0.3, -0.25) is 4.90 Å². The molecule has 2 heterocycles. The molecule has 0 bridgehead atoms. The highest BCUT2D eigenvalue weighted by atomic mass is 35.5. The summed E-state index contributed by atoms with van der Waals surface area (Å²) in [4.78, 5) is 16.7. The van der Waals surface area contributed by atoms with E-state index in [2.05, 4.69) is 10.2 Å². The topological polar surface area (TPSA) is 61.6 Å². The van der Waals surface area contributed by atoms with Gasteiger partial charge in [-0.15, -0.1) is 0 Å². The third-order valence-electron chi connectivity index (χ3n) is 6.36. The standard InChI is InChI=1S/C25H22Cl2F2N4O/c26-20-2-1-3-21(27)24(20)33-23-12-16(32-8-6-15(30)7-9-32)11-18(19(23)13-31-25(33)34)17-5-4-14(28)10-22(17)29/h1-5,10-12,15H,6-9,13,30H2,(H,31,34). The Morgan fingerprint density at radius 1 is 0.971 bits per heavy atom. The van der Waals surface area contributed by atoms with Crippen LogP contribution in [0.1, 0.15) is 18.4 Å². The smallest absolute Gasteiger partial charge is 0.326 e. The van der Waals surface area contributed by atoms with Crippen molar-refractivity contribution in [2.45, 2.75) is 25.4 Å². The summed E-state index contributed by atoms with van der Waals surface area (Å²) in [6, 6.07) is 12.0. The van der Waals surface area contributed by atoms with Crippen LogP contribution < -0.4 is 20.9 Å². The summed E-state index contributed by atoms with van der Waals surface area (Å²) in [6.07, 6.45) is 1.63.